The first-order chi connectivity index (χ1) is 8.31. The van der Waals surface area contributed by atoms with Crippen LogP contribution in [0.3, 0.4) is 0 Å². The number of H-pyrrole nitrogens is 1. The third-order valence-electron chi connectivity index (χ3n) is 2.46. The molecule has 0 aliphatic rings. The lowest BCUT2D eigenvalue weighted by Crippen LogP contribution is -1.95. The molecule has 3 N–H and O–H groups in total. The van der Waals surface area contributed by atoms with Crippen molar-refractivity contribution >= 4 is 18.3 Å². The molecule has 1 aromatic carbocycles. The van der Waals surface area contributed by atoms with Crippen LogP contribution in [-0.4, -0.2) is 16.1 Å². The largest absolute Gasteiger partial charge is 0.337 e. The summed E-state index contributed by atoms with van der Waals surface area (Å²) in [4.78, 5) is 2.97. The summed E-state index contributed by atoms with van der Waals surface area (Å²) < 4.78 is 2.64. The Hall–Kier alpha value is -1.65. The molecule has 2 rings (SSSR count). The van der Waals surface area contributed by atoms with Crippen molar-refractivity contribution in [3.63, 3.8) is 0 Å². The minimum absolute atomic E-state index is 0.688. The van der Waals surface area contributed by atoms with Crippen LogP contribution in [0, 0.1) is 4.77 Å². The van der Waals surface area contributed by atoms with Gasteiger partial charge in [0, 0.05) is 18.1 Å². The van der Waals surface area contributed by atoms with Gasteiger partial charge in [0.1, 0.15) is 0 Å². The molecule has 0 saturated carbocycles. The normalized spacial score (nSPS) is 11.1. The molecule has 0 aliphatic carbocycles. The summed E-state index contributed by atoms with van der Waals surface area (Å²) in [6, 6.07) is 8.23. The fourth-order valence-corrected chi connectivity index (χ4v) is 1.82. The average molecular weight is 245 g/mol. The highest BCUT2D eigenvalue weighted by Gasteiger charge is 1.96. The molecule has 0 atom stereocenters. The maximum absolute atomic E-state index is 5.43. The number of rotatable bonds is 4. The third-order valence-corrected chi connectivity index (χ3v) is 2.78. The number of nitrogens with zero attached hydrogens (tertiary/aromatic N) is 1. The van der Waals surface area contributed by atoms with Gasteiger partial charge in [0.05, 0.1) is 0 Å². The van der Waals surface area contributed by atoms with E-state index in [4.69, 9.17) is 18.0 Å². The molecule has 4 heteroatoms. The van der Waals surface area contributed by atoms with E-state index in [0.29, 0.717) is 11.3 Å². The van der Waals surface area contributed by atoms with Crippen LogP contribution in [0.4, 0.5) is 0 Å². The number of nitrogens with two attached hydrogens (primary N) is 1. The van der Waals surface area contributed by atoms with E-state index in [2.05, 4.69) is 29.3 Å². The summed E-state index contributed by atoms with van der Waals surface area (Å²) in [7, 11) is 0. The number of hydrogen-bond acceptors (Lipinski definition) is 2. The number of aromatic nitrogens is 2. The van der Waals surface area contributed by atoms with Crippen molar-refractivity contribution in [2.45, 2.75) is 6.42 Å². The molecule has 0 spiro atoms. The lowest BCUT2D eigenvalue weighted by molar-refractivity contribution is 1.01. The van der Waals surface area contributed by atoms with Gasteiger partial charge in [-0.2, -0.15) is 0 Å². The average Bonchev–Trinajstić information content (AvgIpc) is 2.77. The molecule has 0 fully saturated rings. The first-order valence-corrected chi connectivity index (χ1v) is 5.95. The number of nitrogens with one attached hydrogen (secondary N) is 1. The van der Waals surface area contributed by atoms with Crippen LogP contribution in [0.2, 0.25) is 0 Å². The molecule has 3 nitrogen and oxygen atoms in total. The van der Waals surface area contributed by atoms with E-state index in [1.165, 1.54) is 5.56 Å². The fraction of sp³-hybridized carbons (Fsp3) is 0.154. The van der Waals surface area contributed by atoms with E-state index >= 15 is 0 Å². The van der Waals surface area contributed by atoms with Crippen molar-refractivity contribution in [3.05, 3.63) is 53.1 Å². The van der Waals surface area contributed by atoms with Gasteiger partial charge >= 0.3 is 0 Å². The molecule has 0 aliphatic heterocycles. The van der Waals surface area contributed by atoms with Gasteiger partial charge in [0.2, 0.25) is 0 Å². The molecular formula is C13H15N3S. The van der Waals surface area contributed by atoms with Crippen LogP contribution in [0.15, 0.2) is 42.7 Å². The van der Waals surface area contributed by atoms with E-state index in [-0.39, 0.29) is 0 Å². The van der Waals surface area contributed by atoms with E-state index in [1.54, 1.807) is 0 Å². The molecule has 0 saturated heterocycles. The smallest absolute Gasteiger partial charge is 0.181 e. The maximum atomic E-state index is 5.43. The van der Waals surface area contributed by atoms with Gasteiger partial charge in [-0.25, -0.2) is 0 Å². The zero-order chi connectivity index (χ0) is 12.1. The molecule has 0 bridgehead atoms. The number of imidazole rings is 1. The fourth-order valence-electron chi connectivity index (χ4n) is 1.59. The lowest BCUT2D eigenvalue weighted by Gasteiger charge is -2.02. The Morgan fingerprint density at radius 1 is 1.29 bits per heavy atom. The Balaban J connectivity index is 2.19. The topological polar surface area (TPSA) is 46.7 Å². The Kier molecular flexibility index (Phi) is 3.90. The number of aromatic amines is 1. The van der Waals surface area contributed by atoms with E-state index in [1.807, 2.05) is 29.1 Å². The number of hydrogen-bond donors (Lipinski definition) is 2. The molecule has 88 valence electrons. The number of benzene rings is 1. The second kappa shape index (κ2) is 5.61. The van der Waals surface area contributed by atoms with E-state index < -0.39 is 0 Å². The molecule has 17 heavy (non-hydrogen) atoms. The predicted octanol–water partition coefficient (Wildman–Crippen LogP) is 2.90. The third kappa shape index (κ3) is 2.93. The summed E-state index contributed by atoms with van der Waals surface area (Å²) in [5.74, 6) is 0. The predicted molar refractivity (Wildman–Crippen MR) is 73.7 cm³/mol. The van der Waals surface area contributed by atoms with Crippen molar-refractivity contribution in [3.8, 4) is 5.69 Å². The second-order valence-corrected chi connectivity index (χ2v) is 4.09. The van der Waals surface area contributed by atoms with Gasteiger partial charge in [0.15, 0.2) is 4.77 Å². The van der Waals surface area contributed by atoms with Crippen LogP contribution in [0.5, 0.6) is 0 Å². The molecule has 2 aromatic rings. The van der Waals surface area contributed by atoms with Gasteiger partial charge in [0.25, 0.3) is 0 Å². The zero-order valence-electron chi connectivity index (χ0n) is 9.47. The summed E-state index contributed by atoms with van der Waals surface area (Å²) in [6.45, 7) is 0.688. The van der Waals surface area contributed by atoms with Crippen molar-refractivity contribution in [1.29, 1.82) is 0 Å². The van der Waals surface area contributed by atoms with Crippen LogP contribution in [0.25, 0.3) is 11.8 Å². The Morgan fingerprint density at radius 3 is 2.65 bits per heavy atom. The minimum Gasteiger partial charge on any atom is -0.337 e. The van der Waals surface area contributed by atoms with E-state index in [9.17, 15) is 0 Å². The molecule has 0 unspecified atom stereocenters. The summed E-state index contributed by atoms with van der Waals surface area (Å²) in [6.07, 6.45) is 8.81. The van der Waals surface area contributed by atoms with Crippen molar-refractivity contribution in [2.75, 3.05) is 6.54 Å². The highest BCUT2D eigenvalue weighted by Crippen LogP contribution is 2.11. The van der Waals surface area contributed by atoms with Crippen molar-refractivity contribution in [1.82, 2.24) is 9.55 Å². The summed E-state index contributed by atoms with van der Waals surface area (Å²) >= 11 is 5.17. The zero-order valence-corrected chi connectivity index (χ0v) is 10.3. The molecule has 0 amide bonds. The van der Waals surface area contributed by atoms with Gasteiger partial charge in [-0.05, 0) is 42.9 Å². The van der Waals surface area contributed by atoms with Crippen LogP contribution in [-0.2, 0) is 0 Å². The monoisotopic (exact) mass is 245 g/mol. The van der Waals surface area contributed by atoms with Crippen LogP contribution in [0.1, 0.15) is 12.0 Å². The van der Waals surface area contributed by atoms with Crippen LogP contribution >= 0.6 is 12.2 Å². The van der Waals surface area contributed by atoms with E-state index in [0.717, 1.165) is 12.1 Å². The second-order valence-electron chi connectivity index (χ2n) is 3.71. The molecule has 1 aromatic heterocycles. The van der Waals surface area contributed by atoms with Gasteiger partial charge in [-0.1, -0.05) is 24.3 Å². The molecule has 0 radical (unpaired) electrons. The van der Waals surface area contributed by atoms with Gasteiger partial charge in [-0.15, -0.1) is 0 Å². The Labute approximate surface area is 106 Å². The van der Waals surface area contributed by atoms with Crippen molar-refractivity contribution < 1.29 is 0 Å². The maximum Gasteiger partial charge on any atom is 0.181 e. The van der Waals surface area contributed by atoms with Crippen molar-refractivity contribution in [2.24, 2.45) is 5.73 Å². The minimum atomic E-state index is 0.688. The molecule has 1 heterocycles. The Bertz CT molecular complexity index is 549. The summed E-state index contributed by atoms with van der Waals surface area (Å²) in [5.41, 5.74) is 7.66. The first kappa shape index (κ1) is 11.8. The van der Waals surface area contributed by atoms with Crippen LogP contribution < -0.4 is 5.73 Å². The standard InChI is InChI=1S/C13H15N3S/c14-8-2-1-3-11-4-6-12(7-5-11)16-10-9-15-13(16)17/h1,3-7,9-10H,2,8,14H2,(H,15,17). The quantitative estimate of drug-likeness (QED) is 0.814. The summed E-state index contributed by atoms with van der Waals surface area (Å²) in [5, 5.41) is 0. The lowest BCUT2D eigenvalue weighted by atomic mass is 10.2. The van der Waals surface area contributed by atoms with Gasteiger partial charge in [-0.3, -0.25) is 4.57 Å². The Morgan fingerprint density at radius 2 is 2.06 bits per heavy atom. The first-order valence-electron chi connectivity index (χ1n) is 5.54. The SMILES string of the molecule is NCCC=Cc1ccc(-n2cc[nH]c2=S)cc1. The highest BCUT2D eigenvalue weighted by molar-refractivity contribution is 7.71. The highest BCUT2D eigenvalue weighted by atomic mass is 32.1. The molecular weight excluding hydrogens is 230 g/mol. The van der Waals surface area contributed by atoms with Gasteiger partial charge < -0.3 is 10.7 Å².